The Bertz CT molecular complexity index is 1130. The standard InChI is InChI=1S/C27H35N5O6/c1-4-38-27(37)32-14-12-31(13-15-32)26(36)21(10-11-24(33)34)30-25(35)23-17-20(28-18(2)3)16-22(29-23)19-8-6-5-7-9-19/h5-9,16-18,21H,4,10-15H2,1-3H3,(H,28,29)(H,30,35)(H,33,34). The second kappa shape index (κ2) is 13.4. The number of pyridine rings is 1. The van der Waals surface area contributed by atoms with Crippen LogP contribution in [0.25, 0.3) is 11.3 Å². The molecular formula is C27H35N5O6. The number of hydrogen-bond donors (Lipinski definition) is 3. The van der Waals surface area contributed by atoms with Crippen molar-refractivity contribution in [1.29, 1.82) is 0 Å². The van der Waals surface area contributed by atoms with E-state index >= 15 is 0 Å². The number of nitrogens with one attached hydrogen (secondary N) is 2. The quantitative estimate of drug-likeness (QED) is 0.430. The maximum absolute atomic E-state index is 13.3. The Balaban J connectivity index is 1.79. The monoisotopic (exact) mass is 525 g/mol. The summed E-state index contributed by atoms with van der Waals surface area (Å²) in [6.45, 7) is 7.01. The lowest BCUT2D eigenvalue weighted by Crippen LogP contribution is -2.56. The summed E-state index contributed by atoms with van der Waals surface area (Å²) in [4.78, 5) is 57.5. The fourth-order valence-corrected chi connectivity index (χ4v) is 4.12. The fraction of sp³-hybridized carbons (Fsp3) is 0.444. The molecule has 1 aliphatic rings. The number of aromatic nitrogens is 1. The van der Waals surface area contributed by atoms with Crippen molar-refractivity contribution in [3.63, 3.8) is 0 Å². The van der Waals surface area contributed by atoms with Crippen molar-refractivity contribution in [2.24, 2.45) is 0 Å². The van der Waals surface area contributed by atoms with Gasteiger partial charge in [0.1, 0.15) is 11.7 Å². The number of rotatable bonds is 10. The van der Waals surface area contributed by atoms with Crippen LogP contribution in [0.4, 0.5) is 10.5 Å². The molecule has 1 unspecified atom stereocenters. The lowest BCUT2D eigenvalue weighted by atomic mass is 10.1. The normalized spacial score (nSPS) is 14.1. The molecule has 38 heavy (non-hydrogen) atoms. The van der Waals surface area contributed by atoms with E-state index in [4.69, 9.17) is 4.74 Å². The Morgan fingerprint density at radius 1 is 1.03 bits per heavy atom. The average molecular weight is 526 g/mol. The molecule has 1 aromatic carbocycles. The summed E-state index contributed by atoms with van der Waals surface area (Å²) in [5, 5.41) is 15.2. The summed E-state index contributed by atoms with van der Waals surface area (Å²) in [5.74, 6) is -2.05. The number of aliphatic carboxylic acids is 1. The minimum atomic E-state index is -1.07. The van der Waals surface area contributed by atoms with Crippen LogP contribution >= 0.6 is 0 Å². The van der Waals surface area contributed by atoms with Crippen LogP contribution in [0.1, 0.15) is 44.1 Å². The Morgan fingerprint density at radius 3 is 2.29 bits per heavy atom. The molecule has 1 fully saturated rings. The van der Waals surface area contributed by atoms with Gasteiger partial charge in [-0.3, -0.25) is 14.4 Å². The van der Waals surface area contributed by atoms with Gasteiger partial charge >= 0.3 is 12.1 Å². The number of carbonyl (C=O) groups is 4. The number of anilines is 1. The largest absolute Gasteiger partial charge is 0.481 e. The van der Waals surface area contributed by atoms with Gasteiger partial charge in [0, 0.05) is 49.9 Å². The van der Waals surface area contributed by atoms with Gasteiger partial charge in [-0.15, -0.1) is 0 Å². The van der Waals surface area contributed by atoms with Crippen LogP contribution in [-0.2, 0) is 14.3 Å². The lowest BCUT2D eigenvalue weighted by molar-refractivity contribution is -0.138. The zero-order valence-electron chi connectivity index (χ0n) is 22.0. The minimum absolute atomic E-state index is 0.0759. The molecule has 11 nitrogen and oxygen atoms in total. The van der Waals surface area contributed by atoms with Gasteiger partial charge in [0.25, 0.3) is 5.91 Å². The molecule has 11 heteroatoms. The summed E-state index contributed by atoms with van der Waals surface area (Å²) >= 11 is 0. The summed E-state index contributed by atoms with van der Waals surface area (Å²) < 4.78 is 5.02. The maximum atomic E-state index is 13.3. The molecule has 0 aliphatic carbocycles. The number of carboxylic acids is 1. The van der Waals surface area contributed by atoms with Crippen molar-refractivity contribution in [2.45, 2.75) is 45.7 Å². The summed E-state index contributed by atoms with van der Waals surface area (Å²) in [7, 11) is 0. The highest BCUT2D eigenvalue weighted by Gasteiger charge is 2.31. The number of carboxylic acid groups (broad SMARTS) is 1. The number of hydrogen-bond acceptors (Lipinski definition) is 7. The van der Waals surface area contributed by atoms with E-state index in [0.29, 0.717) is 11.4 Å². The number of benzene rings is 1. The van der Waals surface area contributed by atoms with Crippen LogP contribution in [0.2, 0.25) is 0 Å². The van der Waals surface area contributed by atoms with Crippen LogP contribution in [0, 0.1) is 0 Å². The Labute approximate surface area is 222 Å². The highest BCUT2D eigenvalue weighted by atomic mass is 16.6. The molecule has 1 saturated heterocycles. The van der Waals surface area contributed by atoms with Crippen molar-refractivity contribution in [3.05, 3.63) is 48.2 Å². The molecule has 1 aliphatic heterocycles. The first kappa shape index (κ1) is 28.4. The molecule has 2 aromatic rings. The van der Waals surface area contributed by atoms with E-state index < -0.39 is 29.9 Å². The first-order valence-corrected chi connectivity index (χ1v) is 12.7. The third-order valence-electron chi connectivity index (χ3n) is 5.95. The Hall–Kier alpha value is -4.15. The molecule has 2 heterocycles. The van der Waals surface area contributed by atoms with Gasteiger partial charge in [-0.25, -0.2) is 9.78 Å². The SMILES string of the molecule is CCOC(=O)N1CCN(C(=O)C(CCC(=O)O)NC(=O)c2cc(NC(C)C)cc(-c3ccccc3)n2)CC1. The van der Waals surface area contributed by atoms with Crippen molar-refractivity contribution < 1.29 is 29.0 Å². The molecule has 3 rings (SSSR count). The van der Waals surface area contributed by atoms with Gasteiger partial charge in [0.15, 0.2) is 0 Å². The van der Waals surface area contributed by atoms with E-state index in [9.17, 15) is 24.3 Å². The van der Waals surface area contributed by atoms with Crippen molar-refractivity contribution in [2.75, 3.05) is 38.1 Å². The summed E-state index contributed by atoms with van der Waals surface area (Å²) in [5.41, 5.74) is 2.22. The molecule has 1 aromatic heterocycles. The predicted octanol–water partition coefficient (Wildman–Crippen LogP) is 2.83. The predicted molar refractivity (Wildman–Crippen MR) is 142 cm³/mol. The maximum Gasteiger partial charge on any atom is 0.409 e. The molecular weight excluding hydrogens is 490 g/mol. The third kappa shape index (κ3) is 7.92. The number of nitrogens with zero attached hydrogens (tertiary/aromatic N) is 3. The zero-order valence-corrected chi connectivity index (χ0v) is 22.0. The smallest absolute Gasteiger partial charge is 0.409 e. The second-order valence-corrected chi connectivity index (χ2v) is 9.26. The highest BCUT2D eigenvalue weighted by molar-refractivity contribution is 5.97. The van der Waals surface area contributed by atoms with E-state index in [1.807, 2.05) is 50.2 Å². The number of ether oxygens (including phenoxy) is 1. The molecule has 0 spiro atoms. The number of piperazine rings is 1. The van der Waals surface area contributed by atoms with Crippen LogP contribution in [-0.4, -0.2) is 88.6 Å². The van der Waals surface area contributed by atoms with Gasteiger partial charge in [0.2, 0.25) is 5.91 Å². The topological polar surface area (TPSA) is 141 Å². The van der Waals surface area contributed by atoms with Gasteiger partial charge in [-0.2, -0.15) is 0 Å². The van der Waals surface area contributed by atoms with Gasteiger partial charge in [-0.1, -0.05) is 30.3 Å². The molecule has 1 atom stereocenters. The van der Waals surface area contributed by atoms with E-state index in [2.05, 4.69) is 15.6 Å². The third-order valence-corrected chi connectivity index (χ3v) is 5.95. The highest BCUT2D eigenvalue weighted by Crippen LogP contribution is 2.22. The van der Waals surface area contributed by atoms with Crippen LogP contribution in [0.15, 0.2) is 42.5 Å². The van der Waals surface area contributed by atoms with Gasteiger partial charge < -0.3 is 30.3 Å². The van der Waals surface area contributed by atoms with Crippen LogP contribution < -0.4 is 10.6 Å². The fourth-order valence-electron chi connectivity index (χ4n) is 4.12. The lowest BCUT2D eigenvalue weighted by Gasteiger charge is -2.35. The van der Waals surface area contributed by atoms with Crippen molar-refractivity contribution in [1.82, 2.24) is 20.1 Å². The molecule has 0 bridgehead atoms. The molecule has 0 radical (unpaired) electrons. The van der Waals surface area contributed by atoms with Crippen LogP contribution in [0.5, 0.6) is 0 Å². The van der Waals surface area contributed by atoms with Gasteiger partial charge in [0.05, 0.1) is 12.3 Å². The van der Waals surface area contributed by atoms with E-state index in [1.54, 1.807) is 13.0 Å². The molecule has 3 amide bonds. The average Bonchev–Trinajstić information content (AvgIpc) is 2.90. The van der Waals surface area contributed by atoms with E-state index in [1.165, 1.54) is 9.80 Å². The number of amides is 3. The number of carbonyl (C=O) groups excluding carboxylic acids is 3. The van der Waals surface area contributed by atoms with Crippen molar-refractivity contribution in [3.8, 4) is 11.3 Å². The molecule has 0 saturated carbocycles. The summed E-state index contributed by atoms with van der Waals surface area (Å²) in [6, 6.07) is 11.9. The van der Waals surface area contributed by atoms with Gasteiger partial charge in [-0.05, 0) is 39.3 Å². The first-order chi connectivity index (χ1) is 18.2. The second-order valence-electron chi connectivity index (χ2n) is 9.26. The zero-order chi connectivity index (χ0) is 27.7. The van der Waals surface area contributed by atoms with E-state index in [0.717, 1.165) is 5.56 Å². The van der Waals surface area contributed by atoms with E-state index in [-0.39, 0.29) is 57.4 Å². The molecule has 204 valence electrons. The Morgan fingerprint density at radius 2 is 1.68 bits per heavy atom. The minimum Gasteiger partial charge on any atom is -0.481 e. The molecule has 3 N–H and O–H groups in total. The summed E-state index contributed by atoms with van der Waals surface area (Å²) in [6.07, 6.45) is -0.810. The first-order valence-electron chi connectivity index (χ1n) is 12.7. The van der Waals surface area contributed by atoms with Crippen LogP contribution in [0.3, 0.4) is 0 Å². The Kier molecular flexibility index (Phi) is 10.0. The van der Waals surface area contributed by atoms with Crippen molar-refractivity contribution >= 4 is 29.6 Å².